The summed E-state index contributed by atoms with van der Waals surface area (Å²) in [5.74, 6) is 0.920. The van der Waals surface area contributed by atoms with Crippen molar-refractivity contribution in [3.63, 3.8) is 0 Å². The van der Waals surface area contributed by atoms with E-state index in [2.05, 4.69) is 19.2 Å². The Morgan fingerprint density at radius 2 is 1.94 bits per heavy atom. The molecule has 1 amide bonds. The molecule has 0 saturated carbocycles. The van der Waals surface area contributed by atoms with Crippen LogP contribution >= 0.6 is 24.0 Å². The van der Waals surface area contributed by atoms with Gasteiger partial charge in [0.2, 0.25) is 0 Å². The Balaban J connectivity index is 2.08. The Labute approximate surface area is 204 Å². The third-order valence-corrected chi connectivity index (χ3v) is 6.95. The molecule has 1 N–H and O–H groups in total. The largest absolute Gasteiger partial charge is 0.367 e. The van der Waals surface area contributed by atoms with E-state index in [1.165, 1.54) is 11.8 Å². The Bertz CT molecular complexity index is 1190. The van der Waals surface area contributed by atoms with Crippen LogP contribution in [0.2, 0.25) is 0 Å². The molecule has 1 fully saturated rings. The molecule has 3 rings (SSSR count). The van der Waals surface area contributed by atoms with E-state index >= 15 is 0 Å². The zero-order chi connectivity index (χ0) is 24.1. The van der Waals surface area contributed by atoms with Crippen LogP contribution in [0.15, 0.2) is 40.0 Å². The average molecular weight is 481 g/mol. The predicted molar refractivity (Wildman–Crippen MR) is 139 cm³/mol. The van der Waals surface area contributed by atoms with E-state index in [4.69, 9.17) is 12.2 Å². The second-order valence-corrected chi connectivity index (χ2v) is 9.95. The highest BCUT2D eigenvalue weighted by Crippen LogP contribution is 2.35. The van der Waals surface area contributed by atoms with Gasteiger partial charge >= 0.3 is 0 Å². The van der Waals surface area contributed by atoms with Crippen LogP contribution in [0.5, 0.6) is 0 Å². The normalized spacial score (nSPS) is 14.9. The molecule has 2 aromatic rings. The van der Waals surface area contributed by atoms with Gasteiger partial charge in [-0.3, -0.25) is 19.1 Å². The van der Waals surface area contributed by atoms with Crippen molar-refractivity contribution in [1.29, 1.82) is 5.26 Å². The van der Waals surface area contributed by atoms with E-state index in [-0.39, 0.29) is 17.0 Å². The highest BCUT2D eigenvalue weighted by Gasteiger charge is 2.32. The molecule has 1 aromatic carbocycles. The molecule has 1 aliphatic rings. The Morgan fingerprint density at radius 3 is 2.55 bits per heavy atom. The lowest BCUT2D eigenvalue weighted by molar-refractivity contribution is -0.122. The van der Waals surface area contributed by atoms with Gasteiger partial charge in [0, 0.05) is 25.2 Å². The minimum Gasteiger partial charge on any atom is -0.367 e. The van der Waals surface area contributed by atoms with Gasteiger partial charge in [-0.15, -0.1) is 0 Å². The molecule has 0 aliphatic carbocycles. The summed E-state index contributed by atoms with van der Waals surface area (Å²) in [6.45, 7) is 9.30. The second-order valence-electron chi connectivity index (χ2n) is 8.28. The quantitative estimate of drug-likeness (QED) is 0.427. The molecule has 0 unspecified atom stereocenters. The van der Waals surface area contributed by atoms with Crippen molar-refractivity contribution in [2.24, 2.45) is 5.92 Å². The molecule has 33 heavy (non-hydrogen) atoms. The first-order valence-electron chi connectivity index (χ1n) is 11.0. The zero-order valence-electron chi connectivity index (χ0n) is 19.3. The fourth-order valence-corrected chi connectivity index (χ4v) is 4.94. The molecule has 1 aliphatic heterocycles. The fourth-order valence-electron chi connectivity index (χ4n) is 3.65. The van der Waals surface area contributed by atoms with Crippen molar-refractivity contribution < 1.29 is 4.79 Å². The summed E-state index contributed by atoms with van der Waals surface area (Å²) in [5.41, 5.74) is 2.02. The predicted octanol–water partition coefficient (Wildman–Crippen LogP) is 4.91. The van der Waals surface area contributed by atoms with Crippen molar-refractivity contribution in [3.05, 3.63) is 67.8 Å². The van der Waals surface area contributed by atoms with E-state index < -0.39 is 0 Å². The number of rotatable bonds is 8. The first-order valence-corrected chi connectivity index (χ1v) is 12.2. The van der Waals surface area contributed by atoms with Crippen LogP contribution in [-0.2, 0) is 17.9 Å². The van der Waals surface area contributed by atoms with E-state index in [9.17, 15) is 14.9 Å². The zero-order valence-corrected chi connectivity index (χ0v) is 21.0. The summed E-state index contributed by atoms with van der Waals surface area (Å²) in [6.07, 6.45) is 2.63. The number of nitrogens with one attached hydrogen (secondary N) is 1. The molecule has 0 spiro atoms. The van der Waals surface area contributed by atoms with Gasteiger partial charge in [0.1, 0.15) is 21.8 Å². The first-order chi connectivity index (χ1) is 15.8. The van der Waals surface area contributed by atoms with Gasteiger partial charge < -0.3 is 5.32 Å². The number of thiocarbonyl (C=S) groups is 1. The van der Waals surface area contributed by atoms with Crippen molar-refractivity contribution in [2.75, 3.05) is 11.9 Å². The van der Waals surface area contributed by atoms with Gasteiger partial charge in [0.05, 0.1) is 4.91 Å². The molecule has 6 nitrogen and oxygen atoms in total. The van der Waals surface area contributed by atoms with Crippen LogP contribution in [0.25, 0.3) is 6.08 Å². The van der Waals surface area contributed by atoms with E-state index in [1.54, 1.807) is 22.5 Å². The van der Waals surface area contributed by atoms with Gasteiger partial charge in [-0.2, -0.15) is 5.26 Å². The van der Waals surface area contributed by atoms with Crippen LogP contribution in [0.3, 0.4) is 0 Å². The lowest BCUT2D eigenvalue weighted by Crippen LogP contribution is -2.30. The fraction of sp³-hybridized carbons (Fsp3) is 0.360. The van der Waals surface area contributed by atoms with Crippen LogP contribution in [0, 0.1) is 24.2 Å². The number of thioether (sulfide) groups is 1. The van der Waals surface area contributed by atoms with Crippen molar-refractivity contribution in [2.45, 2.75) is 47.2 Å². The molecule has 0 atom stereocenters. The van der Waals surface area contributed by atoms with Crippen molar-refractivity contribution in [1.82, 2.24) is 9.47 Å². The molecule has 1 aromatic heterocycles. The Hall–Kier alpha value is -2.89. The van der Waals surface area contributed by atoms with Gasteiger partial charge in [-0.1, -0.05) is 68.2 Å². The summed E-state index contributed by atoms with van der Waals surface area (Å²) >= 11 is 6.73. The number of hydrogen-bond acceptors (Lipinski definition) is 6. The minimum absolute atomic E-state index is 0.0867. The molecule has 1 saturated heterocycles. The van der Waals surface area contributed by atoms with Crippen molar-refractivity contribution in [3.8, 4) is 6.07 Å². The smallest absolute Gasteiger partial charge is 0.270 e. The van der Waals surface area contributed by atoms with Crippen LogP contribution < -0.4 is 10.9 Å². The number of aromatic nitrogens is 1. The standard InChI is InChI=1S/C25H28N4O2S2/c1-5-28-22(27-15-18-9-7-6-8-10-18)19(17(4)20(14-26)23(28)30)13-21-24(31)29(25(32)33-21)12-11-16(2)3/h6-10,13,16,27H,5,11-12,15H2,1-4H3/b21-13-. The summed E-state index contributed by atoms with van der Waals surface area (Å²) < 4.78 is 2.09. The summed E-state index contributed by atoms with van der Waals surface area (Å²) in [7, 11) is 0. The molecular weight excluding hydrogens is 452 g/mol. The number of amides is 1. The number of benzene rings is 1. The van der Waals surface area contributed by atoms with Gasteiger partial charge in [0.25, 0.3) is 11.5 Å². The molecule has 2 heterocycles. The lowest BCUT2D eigenvalue weighted by atomic mass is 10.0. The van der Waals surface area contributed by atoms with Crippen molar-refractivity contribution >= 4 is 46.1 Å². The summed E-state index contributed by atoms with van der Waals surface area (Å²) in [6, 6.07) is 11.9. The maximum atomic E-state index is 13.1. The van der Waals surface area contributed by atoms with Crippen LogP contribution in [0.1, 0.15) is 49.4 Å². The monoisotopic (exact) mass is 480 g/mol. The summed E-state index contributed by atoms with van der Waals surface area (Å²) in [4.78, 5) is 28.2. The molecular formula is C25H28N4O2S2. The maximum Gasteiger partial charge on any atom is 0.270 e. The van der Waals surface area contributed by atoms with Crippen LogP contribution in [0.4, 0.5) is 5.82 Å². The highest BCUT2D eigenvalue weighted by molar-refractivity contribution is 8.26. The number of nitriles is 1. The lowest BCUT2D eigenvalue weighted by Gasteiger charge is -2.19. The van der Waals surface area contributed by atoms with E-state index in [0.717, 1.165) is 12.0 Å². The number of carbonyl (C=O) groups excluding carboxylic acids is 1. The number of nitrogens with zero attached hydrogens (tertiary/aromatic N) is 3. The SMILES string of the molecule is CCn1c(NCc2ccccc2)c(/C=C2\SC(=S)N(CCC(C)C)C2=O)c(C)c(C#N)c1=O. The third kappa shape index (κ3) is 5.37. The third-order valence-electron chi connectivity index (χ3n) is 5.57. The molecule has 0 bridgehead atoms. The average Bonchev–Trinajstić information content (AvgIpc) is 3.06. The first kappa shape index (κ1) is 24.7. The van der Waals surface area contributed by atoms with E-state index in [1.807, 2.05) is 43.3 Å². The van der Waals surface area contributed by atoms with E-state index in [0.29, 0.717) is 51.7 Å². The summed E-state index contributed by atoms with van der Waals surface area (Å²) in [5, 5.41) is 13.0. The minimum atomic E-state index is -0.338. The topological polar surface area (TPSA) is 78.1 Å². The number of hydrogen-bond donors (Lipinski definition) is 1. The maximum absolute atomic E-state index is 13.1. The van der Waals surface area contributed by atoms with Gasteiger partial charge in [-0.05, 0) is 43.4 Å². The molecule has 172 valence electrons. The molecule has 8 heteroatoms. The van der Waals surface area contributed by atoms with Gasteiger partial charge in [-0.25, -0.2) is 0 Å². The highest BCUT2D eigenvalue weighted by atomic mass is 32.2. The number of pyridine rings is 1. The number of carbonyl (C=O) groups is 1. The molecule has 0 radical (unpaired) electrons. The van der Waals surface area contributed by atoms with Crippen LogP contribution in [-0.4, -0.2) is 26.2 Å². The second kappa shape index (κ2) is 10.8. The Kier molecular flexibility index (Phi) is 8.11. The number of anilines is 1. The Morgan fingerprint density at radius 1 is 1.24 bits per heavy atom. The van der Waals surface area contributed by atoms with Gasteiger partial charge in [0.15, 0.2) is 0 Å².